The summed E-state index contributed by atoms with van der Waals surface area (Å²) < 4.78 is 5.22. The Morgan fingerprint density at radius 2 is 1.81 bits per heavy atom. The number of urea groups is 1. The third-order valence-electron chi connectivity index (χ3n) is 4.29. The molecular formula is C21H29N3O3. The Labute approximate surface area is 161 Å². The van der Waals surface area contributed by atoms with Gasteiger partial charge in [0.2, 0.25) is 0 Å². The van der Waals surface area contributed by atoms with Gasteiger partial charge < -0.3 is 25.4 Å². The molecule has 2 atom stereocenters. The molecule has 3 N–H and O–H groups in total. The molecule has 2 rings (SSSR count). The van der Waals surface area contributed by atoms with E-state index in [1.54, 1.807) is 21.2 Å². The van der Waals surface area contributed by atoms with Gasteiger partial charge in [0.1, 0.15) is 5.75 Å². The van der Waals surface area contributed by atoms with E-state index in [0.29, 0.717) is 19.5 Å². The van der Waals surface area contributed by atoms with Crippen LogP contribution in [0.2, 0.25) is 0 Å². The molecular weight excluding hydrogens is 342 g/mol. The van der Waals surface area contributed by atoms with Crippen LogP contribution in [0.25, 0.3) is 0 Å². The zero-order valence-corrected chi connectivity index (χ0v) is 16.2. The van der Waals surface area contributed by atoms with Gasteiger partial charge in [0, 0.05) is 27.2 Å². The average Bonchev–Trinajstić information content (AvgIpc) is 2.68. The second-order valence-corrected chi connectivity index (χ2v) is 6.69. The highest BCUT2D eigenvalue weighted by molar-refractivity contribution is 5.73. The fourth-order valence-corrected chi connectivity index (χ4v) is 2.73. The molecule has 0 heterocycles. The van der Waals surface area contributed by atoms with Gasteiger partial charge in [0.15, 0.2) is 0 Å². The van der Waals surface area contributed by atoms with Crippen molar-refractivity contribution >= 4 is 6.03 Å². The molecule has 2 aromatic rings. The molecule has 27 heavy (non-hydrogen) atoms. The first-order valence-corrected chi connectivity index (χ1v) is 9.03. The van der Waals surface area contributed by atoms with E-state index in [0.717, 1.165) is 16.9 Å². The molecule has 0 bridgehead atoms. The van der Waals surface area contributed by atoms with E-state index in [-0.39, 0.29) is 12.1 Å². The van der Waals surface area contributed by atoms with Crippen LogP contribution in [0.4, 0.5) is 4.79 Å². The molecule has 0 aliphatic heterocycles. The highest BCUT2D eigenvalue weighted by atomic mass is 16.5. The van der Waals surface area contributed by atoms with Gasteiger partial charge in [-0.25, -0.2) is 4.79 Å². The molecule has 2 aromatic carbocycles. The summed E-state index contributed by atoms with van der Waals surface area (Å²) in [4.78, 5) is 13.5. The van der Waals surface area contributed by atoms with Crippen molar-refractivity contribution in [1.82, 2.24) is 15.5 Å². The summed E-state index contributed by atoms with van der Waals surface area (Å²) in [5, 5.41) is 16.8. The summed E-state index contributed by atoms with van der Waals surface area (Å²) in [6.07, 6.45) is -0.165. The molecule has 0 fully saturated rings. The number of rotatable bonds is 9. The van der Waals surface area contributed by atoms with E-state index >= 15 is 0 Å². The highest BCUT2D eigenvalue weighted by Gasteiger charge is 2.22. The lowest BCUT2D eigenvalue weighted by Gasteiger charge is -2.26. The van der Waals surface area contributed by atoms with E-state index in [1.165, 1.54) is 4.90 Å². The van der Waals surface area contributed by atoms with E-state index in [2.05, 4.69) is 10.6 Å². The van der Waals surface area contributed by atoms with Gasteiger partial charge in [-0.3, -0.25) is 0 Å². The number of hydrogen-bond donors (Lipinski definition) is 3. The van der Waals surface area contributed by atoms with Crippen molar-refractivity contribution in [1.29, 1.82) is 0 Å². The SMILES string of the molecule is COc1cccc(CNC[C@H](O)[C@H](Cc2ccccc2)NC(=O)N(C)C)c1. The molecule has 0 aliphatic carbocycles. The number of carbonyl (C=O) groups is 1. The fraction of sp³-hybridized carbons (Fsp3) is 0.381. The second-order valence-electron chi connectivity index (χ2n) is 6.69. The number of nitrogens with zero attached hydrogens (tertiary/aromatic N) is 1. The smallest absolute Gasteiger partial charge is 0.317 e. The van der Waals surface area contributed by atoms with Crippen LogP contribution in [0.15, 0.2) is 54.6 Å². The molecule has 6 heteroatoms. The first-order chi connectivity index (χ1) is 13.0. The van der Waals surface area contributed by atoms with Gasteiger partial charge in [-0.05, 0) is 29.7 Å². The highest BCUT2D eigenvalue weighted by Crippen LogP contribution is 2.12. The quantitative estimate of drug-likeness (QED) is 0.631. The molecule has 0 spiro atoms. The lowest BCUT2D eigenvalue weighted by molar-refractivity contribution is 0.123. The van der Waals surface area contributed by atoms with Crippen molar-refractivity contribution in [2.45, 2.75) is 25.1 Å². The minimum atomic E-state index is -0.722. The van der Waals surface area contributed by atoms with Crippen LogP contribution in [-0.2, 0) is 13.0 Å². The normalized spacial score (nSPS) is 12.9. The van der Waals surface area contributed by atoms with Crippen LogP contribution < -0.4 is 15.4 Å². The van der Waals surface area contributed by atoms with Crippen LogP contribution in [0, 0.1) is 0 Å². The van der Waals surface area contributed by atoms with Crippen LogP contribution in [0.5, 0.6) is 5.75 Å². The average molecular weight is 371 g/mol. The lowest BCUT2D eigenvalue weighted by Crippen LogP contribution is -2.51. The van der Waals surface area contributed by atoms with Crippen molar-refractivity contribution in [3.8, 4) is 5.75 Å². The van der Waals surface area contributed by atoms with E-state index < -0.39 is 6.10 Å². The van der Waals surface area contributed by atoms with Crippen molar-refractivity contribution in [3.63, 3.8) is 0 Å². The Kier molecular flexibility index (Phi) is 8.10. The zero-order valence-electron chi connectivity index (χ0n) is 16.2. The zero-order chi connectivity index (χ0) is 19.6. The summed E-state index contributed by atoms with van der Waals surface area (Å²) in [5.41, 5.74) is 2.13. The maximum atomic E-state index is 12.1. The number of aliphatic hydroxyl groups is 1. The van der Waals surface area contributed by atoms with Gasteiger partial charge in [-0.15, -0.1) is 0 Å². The monoisotopic (exact) mass is 371 g/mol. The minimum Gasteiger partial charge on any atom is -0.497 e. The minimum absolute atomic E-state index is 0.220. The van der Waals surface area contributed by atoms with E-state index in [4.69, 9.17) is 4.74 Å². The summed E-state index contributed by atoms with van der Waals surface area (Å²) in [5.74, 6) is 0.801. The van der Waals surface area contributed by atoms with Crippen molar-refractivity contribution in [2.24, 2.45) is 0 Å². The number of amides is 2. The molecule has 0 saturated heterocycles. The van der Waals surface area contributed by atoms with E-state index in [9.17, 15) is 9.90 Å². The summed E-state index contributed by atoms with van der Waals surface area (Å²) in [6.45, 7) is 0.969. The number of hydrogen-bond acceptors (Lipinski definition) is 4. The maximum Gasteiger partial charge on any atom is 0.317 e. The summed E-state index contributed by atoms with van der Waals surface area (Å²) >= 11 is 0. The third kappa shape index (κ3) is 6.92. The van der Waals surface area contributed by atoms with Crippen LogP contribution in [-0.4, -0.2) is 55.9 Å². The fourth-order valence-electron chi connectivity index (χ4n) is 2.73. The Morgan fingerprint density at radius 3 is 2.48 bits per heavy atom. The standard InChI is InChI=1S/C21H29N3O3/c1-24(2)21(26)23-19(13-16-8-5-4-6-9-16)20(25)15-22-14-17-10-7-11-18(12-17)27-3/h4-12,19-20,22,25H,13-15H2,1-3H3,(H,23,26)/t19-,20-/m0/s1. The first kappa shape index (κ1) is 20.7. The Bertz CT molecular complexity index is 707. The Balaban J connectivity index is 1.95. The van der Waals surface area contributed by atoms with Crippen LogP contribution >= 0.6 is 0 Å². The predicted molar refractivity (Wildman–Crippen MR) is 107 cm³/mol. The van der Waals surface area contributed by atoms with Gasteiger partial charge in [-0.1, -0.05) is 42.5 Å². The number of benzene rings is 2. The van der Waals surface area contributed by atoms with Gasteiger partial charge >= 0.3 is 6.03 Å². The van der Waals surface area contributed by atoms with Crippen molar-refractivity contribution < 1.29 is 14.6 Å². The van der Waals surface area contributed by atoms with Crippen LogP contribution in [0.3, 0.4) is 0 Å². The van der Waals surface area contributed by atoms with Gasteiger partial charge in [-0.2, -0.15) is 0 Å². The molecule has 6 nitrogen and oxygen atoms in total. The van der Waals surface area contributed by atoms with Crippen LogP contribution in [0.1, 0.15) is 11.1 Å². The van der Waals surface area contributed by atoms with E-state index in [1.807, 2.05) is 54.6 Å². The molecule has 0 unspecified atom stereocenters. The molecule has 0 aliphatic rings. The predicted octanol–water partition coefficient (Wildman–Crippen LogP) is 2.03. The lowest BCUT2D eigenvalue weighted by atomic mass is 10.0. The Hall–Kier alpha value is -2.57. The Morgan fingerprint density at radius 1 is 1.11 bits per heavy atom. The second kappa shape index (κ2) is 10.5. The van der Waals surface area contributed by atoms with Gasteiger partial charge in [0.05, 0.1) is 19.3 Å². The number of methoxy groups -OCH3 is 1. The molecule has 0 radical (unpaired) electrons. The third-order valence-corrected chi connectivity index (χ3v) is 4.29. The first-order valence-electron chi connectivity index (χ1n) is 9.03. The number of ether oxygens (including phenoxy) is 1. The summed E-state index contributed by atoms with van der Waals surface area (Å²) in [6, 6.07) is 17.0. The summed E-state index contributed by atoms with van der Waals surface area (Å²) in [7, 11) is 5.00. The van der Waals surface area contributed by atoms with Gasteiger partial charge in [0.25, 0.3) is 0 Å². The molecule has 146 valence electrons. The maximum absolute atomic E-state index is 12.1. The molecule has 0 saturated carbocycles. The van der Waals surface area contributed by atoms with Crippen molar-refractivity contribution in [2.75, 3.05) is 27.7 Å². The number of carbonyl (C=O) groups excluding carboxylic acids is 1. The largest absolute Gasteiger partial charge is 0.497 e. The number of aliphatic hydroxyl groups excluding tert-OH is 1. The van der Waals surface area contributed by atoms with Crippen molar-refractivity contribution in [3.05, 3.63) is 65.7 Å². The molecule has 2 amide bonds. The molecule has 0 aromatic heterocycles. The topological polar surface area (TPSA) is 73.8 Å². The number of nitrogens with one attached hydrogen (secondary N) is 2.